The number of hydrogen-bond donors (Lipinski definition) is 1. The first-order chi connectivity index (χ1) is 10.2. The molecule has 10 nitrogen and oxygen atoms in total. The molecule has 3 heterocycles. The second-order valence-corrected chi connectivity index (χ2v) is 8.94. The fraction of sp³-hybridized carbons (Fsp3) is 0.700. The molecule has 0 unspecified atom stereocenters. The van der Waals surface area contributed by atoms with E-state index in [-0.39, 0.29) is 12.2 Å². The highest BCUT2D eigenvalue weighted by atomic mass is 32.2. The van der Waals surface area contributed by atoms with Crippen LogP contribution in [0.4, 0.5) is 0 Å². The number of hydrogen-bond acceptors (Lipinski definition) is 8. The van der Waals surface area contributed by atoms with E-state index in [1.54, 1.807) is 7.05 Å². The van der Waals surface area contributed by atoms with Crippen LogP contribution in [0, 0.1) is 0 Å². The first-order valence-corrected chi connectivity index (χ1v) is 8.86. The van der Waals surface area contributed by atoms with Crippen LogP contribution in [0.1, 0.15) is 13.3 Å². The zero-order valence-electron chi connectivity index (χ0n) is 11.7. The van der Waals surface area contributed by atoms with E-state index in [1.165, 1.54) is 11.6 Å². The van der Waals surface area contributed by atoms with Gasteiger partial charge in [-0.3, -0.25) is 4.79 Å². The van der Waals surface area contributed by atoms with Crippen molar-refractivity contribution in [3.63, 3.8) is 0 Å². The summed E-state index contributed by atoms with van der Waals surface area (Å²) < 4.78 is 25.1. The molecule has 0 bridgehead atoms. The fourth-order valence-electron chi connectivity index (χ4n) is 2.82. The maximum Gasteiger partial charge on any atom is 0.328 e. The predicted octanol–water partition coefficient (Wildman–Crippen LogP) is -1.50. The molecule has 3 atom stereocenters. The van der Waals surface area contributed by atoms with Crippen LogP contribution < -0.4 is 0 Å². The lowest BCUT2D eigenvalue weighted by atomic mass is 9.98. The zero-order chi connectivity index (χ0) is 16.3. The molecular formula is C10H13N5O5S2. The van der Waals surface area contributed by atoms with Gasteiger partial charge in [-0.2, -0.15) is 0 Å². The van der Waals surface area contributed by atoms with E-state index in [0.29, 0.717) is 5.16 Å². The number of carboxylic acid groups (broad SMARTS) is 1. The third kappa shape index (κ3) is 1.79. The average molecular weight is 347 g/mol. The Labute approximate surface area is 129 Å². The largest absolute Gasteiger partial charge is 0.480 e. The van der Waals surface area contributed by atoms with Crippen molar-refractivity contribution in [3.05, 3.63) is 0 Å². The van der Waals surface area contributed by atoms with Gasteiger partial charge in [0.25, 0.3) is 0 Å². The number of carbonyl (C=O) groups excluding carboxylic acids is 1. The molecule has 2 aliphatic rings. The molecule has 1 aromatic heterocycles. The van der Waals surface area contributed by atoms with Gasteiger partial charge in [0.15, 0.2) is 15.9 Å². The number of thioether (sulfide) groups is 1. The minimum absolute atomic E-state index is 0.0548. The van der Waals surface area contributed by atoms with Gasteiger partial charge in [0.1, 0.15) is 10.1 Å². The van der Waals surface area contributed by atoms with E-state index < -0.39 is 37.9 Å². The Bertz CT molecular complexity index is 762. The molecule has 1 N–H and O–H groups in total. The lowest BCUT2D eigenvalue weighted by molar-refractivity contribution is -0.157. The SMILES string of the molecule is Cn1nnnc1SC[C@@]1(C)[C@H](C(=O)O)N2C(=O)C[C@@H]2S1(=O)=O. The third-order valence-electron chi connectivity index (χ3n) is 4.12. The second-order valence-electron chi connectivity index (χ2n) is 5.43. The normalized spacial score (nSPS) is 32.6. The summed E-state index contributed by atoms with van der Waals surface area (Å²) in [6.45, 7) is 1.36. The number of fused-ring (bicyclic) bond motifs is 1. The highest BCUT2D eigenvalue weighted by Crippen LogP contribution is 2.47. The number of amides is 1. The number of sulfone groups is 1. The number of carboxylic acids is 1. The van der Waals surface area contributed by atoms with E-state index in [4.69, 9.17) is 0 Å². The molecule has 0 saturated carbocycles. The van der Waals surface area contributed by atoms with Gasteiger partial charge in [0.2, 0.25) is 11.1 Å². The molecule has 22 heavy (non-hydrogen) atoms. The molecule has 0 radical (unpaired) electrons. The Kier molecular flexibility index (Phi) is 3.22. The summed E-state index contributed by atoms with van der Waals surface area (Å²) in [7, 11) is -2.20. The maximum absolute atomic E-state index is 12.7. The van der Waals surface area contributed by atoms with Crippen molar-refractivity contribution in [2.24, 2.45) is 7.05 Å². The summed E-state index contributed by atoms with van der Waals surface area (Å²) in [5, 5.41) is 19.6. The van der Waals surface area contributed by atoms with Crippen LogP contribution in [0.2, 0.25) is 0 Å². The molecule has 0 aliphatic carbocycles. The van der Waals surface area contributed by atoms with Crippen molar-refractivity contribution < 1.29 is 23.1 Å². The minimum Gasteiger partial charge on any atom is -0.480 e. The Morgan fingerprint density at radius 1 is 1.55 bits per heavy atom. The van der Waals surface area contributed by atoms with Gasteiger partial charge in [-0.05, 0) is 17.4 Å². The van der Waals surface area contributed by atoms with Crippen molar-refractivity contribution in [1.82, 2.24) is 25.1 Å². The molecule has 12 heteroatoms. The molecular weight excluding hydrogens is 334 g/mol. The van der Waals surface area contributed by atoms with Crippen LogP contribution in [0.25, 0.3) is 0 Å². The van der Waals surface area contributed by atoms with Crippen molar-refractivity contribution in [3.8, 4) is 0 Å². The van der Waals surface area contributed by atoms with Gasteiger partial charge in [-0.25, -0.2) is 17.9 Å². The lowest BCUT2D eigenvalue weighted by Gasteiger charge is -2.35. The number of β-lactam (4-membered cyclic amide) rings is 1. The van der Waals surface area contributed by atoms with Gasteiger partial charge in [0.05, 0.1) is 6.42 Å². The van der Waals surface area contributed by atoms with Gasteiger partial charge < -0.3 is 10.0 Å². The van der Waals surface area contributed by atoms with E-state index in [1.807, 2.05) is 0 Å². The fourth-order valence-corrected chi connectivity index (χ4v) is 6.60. The molecule has 120 valence electrons. The number of rotatable bonds is 4. The van der Waals surface area contributed by atoms with E-state index in [0.717, 1.165) is 16.7 Å². The summed E-state index contributed by atoms with van der Waals surface area (Å²) >= 11 is 1.05. The van der Waals surface area contributed by atoms with Crippen LogP contribution in [0.5, 0.6) is 0 Å². The minimum atomic E-state index is -3.80. The third-order valence-corrected chi connectivity index (χ3v) is 8.42. The molecule has 2 fully saturated rings. The first kappa shape index (κ1) is 15.2. The first-order valence-electron chi connectivity index (χ1n) is 6.32. The van der Waals surface area contributed by atoms with Gasteiger partial charge >= 0.3 is 5.97 Å². The Hall–Kier alpha value is -1.69. The van der Waals surface area contributed by atoms with Gasteiger partial charge in [-0.15, -0.1) is 5.10 Å². The highest BCUT2D eigenvalue weighted by molar-refractivity contribution is 8.01. The molecule has 3 rings (SSSR count). The Balaban J connectivity index is 1.96. The number of nitrogens with zero attached hydrogens (tertiary/aromatic N) is 5. The van der Waals surface area contributed by atoms with Crippen LogP contribution in [0.15, 0.2) is 5.16 Å². The summed E-state index contributed by atoms with van der Waals surface area (Å²) in [6, 6.07) is -1.39. The van der Waals surface area contributed by atoms with Gasteiger partial charge in [0, 0.05) is 12.8 Å². The molecule has 1 amide bonds. The quantitative estimate of drug-likeness (QED) is 0.510. The Morgan fingerprint density at radius 3 is 2.73 bits per heavy atom. The van der Waals surface area contributed by atoms with Crippen LogP contribution >= 0.6 is 11.8 Å². The van der Waals surface area contributed by atoms with E-state index >= 15 is 0 Å². The average Bonchev–Trinajstić information content (AvgIpc) is 2.88. The number of aliphatic carboxylic acids is 1. The molecule has 1 aromatic rings. The summed E-state index contributed by atoms with van der Waals surface area (Å²) in [5.74, 6) is -1.82. The summed E-state index contributed by atoms with van der Waals surface area (Å²) in [4.78, 5) is 24.2. The monoisotopic (exact) mass is 347 g/mol. The number of aryl methyl sites for hydroxylation is 1. The maximum atomic E-state index is 12.7. The van der Waals surface area contributed by atoms with E-state index in [2.05, 4.69) is 15.5 Å². The summed E-state index contributed by atoms with van der Waals surface area (Å²) in [5.41, 5.74) is 0. The topological polar surface area (TPSA) is 135 Å². The predicted molar refractivity (Wildman–Crippen MR) is 73.5 cm³/mol. The van der Waals surface area contributed by atoms with Crippen LogP contribution in [-0.4, -0.2) is 72.4 Å². The molecule has 2 saturated heterocycles. The van der Waals surface area contributed by atoms with Crippen molar-refractivity contribution in [2.75, 3.05) is 5.75 Å². The van der Waals surface area contributed by atoms with E-state index in [9.17, 15) is 23.1 Å². The van der Waals surface area contributed by atoms with Gasteiger partial charge in [-0.1, -0.05) is 11.8 Å². The lowest BCUT2D eigenvalue weighted by Crippen LogP contribution is -2.57. The van der Waals surface area contributed by atoms with Crippen molar-refractivity contribution in [1.29, 1.82) is 0 Å². The molecule has 0 aromatic carbocycles. The van der Waals surface area contributed by atoms with Crippen LogP contribution in [-0.2, 0) is 26.5 Å². The smallest absolute Gasteiger partial charge is 0.328 e. The second kappa shape index (κ2) is 4.65. The molecule has 0 spiro atoms. The zero-order valence-corrected chi connectivity index (χ0v) is 13.3. The standard InChI is InChI=1S/C10H13N5O5S2/c1-10(4-21-9-11-12-13-14(9)2)7(8(17)18)15-5(16)3-6(15)22(10,19)20/h6-7H,3-4H2,1-2H3,(H,17,18)/t6-,7-,10-/m0/s1. The summed E-state index contributed by atoms with van der Waals surface area (Å²) in [6.07, 6.45) is -0.155. The number of tetrazole rings is 1. The van der Waals surface area contributed by atoms with Crippen molar-refractivity contribution >= 4 is 33.5 Å². The Morgan fingerprint density at radius 2 is 2.23 bits per heavy atom. The number of aromatic nitrogens is 4. The molecule has 2 aliphatic heterocycles. The highest BCUT2D eigenvalue weighted by Gasteiger charge is 2.69. The van der Waals surface area contributed by atoms with Crippen molar-refractivity contribution in [2.45, 2.75) is 34.7 Å². The van der Waals surface area contributed by atoms with Crippen LogP contribution in [0.3, 0.4) is 0 Å². The number of carbonyl (C=O) groups is 2.